The zero-order valence-corrected chi connectivity index (χ0v) is 11.8. The highest BCUT2D eigenvalue weighted by Crippen LogP contribution is 2.20. The molecule has 1 heterocycles. The molecular formula is C11H19NO3S2. The van der Waals surface area contributed by atoms with Crippen LogP contribution < -0.4 is 4.72 Å². The molecule has 0 aromatic carbocycles. The summed E-state index contributed by atoms with van der Waals surface area (Å²) in [5.41, 5.74) is 0.637. The summed E-state index contributed by atoms with van der Waals surface area (Å²) >= 11 is 1.13. The summed E-state index contributed by atoms with van der Waals surface area (Å²) in [6, 6.07) is 1.51. The summed E-state index contributed by atoms with van der Waals surface area (Å²) in [6.45, 7) is 4.56. The lowest BCUT2D eigenvalue weighted by Gasteiger charge is -2.06. The molecule has 0 saturated carbocycles. The van der Waals surface area contributed by atoms with E-state index in [1.54, 1.807) is 5.38 Å². The molecule has 0 fully saturated rings. The van der Waals surface area contributed by atoms with Crippen LogP contribution in [0.2, 0.25) is 0 Å². The smallest absolute Gasteiger partial charge is 0.250 e. The van der Waals surface area contributed by atoms with Crippen molar-refractivity contribution in [2.75, 3.05) is 6.54 Å². The van der Waals surface area contributed by atoms with Gasteiger partial charge in [-0.3, -0.25) is 0 Å². The Morgan fingerprint density at radius 2 is 2.18 bits per heavy atom. The first kappa shape index (κ1) is 14.6. The van der Waals surface area contributed by atoms with Crippen LogP contribution in [0.25, 0.3) is 0 Å². The standard InChI is InChI=1S/C11H19NO3S2/c1-9(2)4-3-5-12-17(14,15)11-6-10(7-13)8-16-11/h6,8-9,12-13H,3-5,7H2,1-2H3. The Kier molecular flexibility index (Phi) is 5.58. The van der Waals surface area contributed by atoms with E-state index >= 15 is 0 Å². The molecule has 0 unspecified atom stereocenters. The molecule has 1 rings (SSSR count). The zero-order valence-electron chi connectivity index (χ0n) is 10.1. The van der Waals surface area contributed by atoms with Gasteiger partial charge >= 0.3 is 0 Å². The maximum atomic E-state index is 11.8. The van der Waals surface area contributed by atoms with E-state index < -0.39 is 10.0 Å². The summed E-state index contributed by atoms with van der Waals surface area (Å²) < 4.78 is 26.5. The summed E-state index contributed by atoms with van der Waals surface area (Å²) in [6.07, 6.45) is 1.85. The Balaban J connectivity index is 2.51. The molecule has 2 N–H and O–H groups in total. The van der Waals surface area contributed by atoms with Gasteiger partial charge in [-0.05, 0) is 35.8 Å². The van der Waals surface area contributed by atoms with Gasteiger partial charge in [0.15, 0.2) is 0 Å². The number of hydrogen-bond acceptors (Lipinski definition) is 4. The topological polar surface area (TPSA) is 66.4 Å². The quantitative estimate of drug-likeness (QED) is 0.749. The summed E-state index contributed by atoms with van der Waals surface area (Å²) in [4.78, 5) is 0. The van der Waals surface area contributed by atoms with E-state index in [4.69, 9.17) is 5.11 Å². The minimum absolute atomic E-state index is 0.126. The second-order valence-corrected chi connectivity index (χ2v) is 7.27. The predicted molar refractivity (Wildman–Crippen MR) is 69.5 cm³/mol. The number of nitrogens with one attached hydrogen (secondary N) is 1. The van der Waals surface area contributed by atoms with E-state index in [9.17, 15) is 8.42 Å². The maximum Gasteiger partial charge on any atom is 0.250 e. The highest BCUT2D eigenvalue weighted by atomic mass is 32.2. The Bertz CT molecular complexity index is 437. The molecule has 0 aliphatic heterocycles. The lowest BCUT2D eigenvalue weighted by atomic mass is 10.1. The van der Waals surface area contributed by atoms with Crippen LogP contribution in [0.5, 0.6) is 0 Å². The van der Waals surface area contributed by atoms with Crippen LogP contribution in [-0.4, -0.2) is 20.1 Å². The molecule has 4 nitrogen and oxygen atoms in total. The fourth-order valence-electron chi connectivity index (χ4n) is 1.36. The number of aliphatic hydroxyl groups is 1. The fourth-order valence-corrected chi connectivity index (χ4v) is 3.68. The van der Waals surface area contributed by atoms with Crippen LogP contribution in [-0.2, 0) is 16.6 Å². The van der Waals surface area contributed by atoms with E-state index in [2.05, 4.69) is 18.6 Å². The van der Waals surface area contributed by atoms with Crippen molar-refractivity contribution in [3.05, 3.63) is 17.0 Å². The van der Waals surface area contributed by atoms with Gasteiger partial charge in [0.2, 0.25) is 10.0 Å². The van der Waals surface area contributed by atoms with Crippen LogP contribution in [0, 0.1) is 5.92 Å². The largest absolute Gasteiger partial charge is 0.392 e. The molecule has 0 saturated heterocycles. The van der Waals surface area contributed by atoms with Gasteiger partial charge in [0.1, 0.15) is 4.21 Å². The van der Waals surface area contributed by atoms with E-state index in [-0.39, 0.29) is 10.8 Å². The van der Waals surface area contributed by atoms with Gasteiger partial charge in [0, 0.05) is 6.54 Å². The normalized spacial score (nSPS) is 12.2. The van der Waals surface area contributed by atoms with Gasteiger partial charge in [-0.2, -0.15) is 0 Å². The van der Waals surface area contributed by atoms with Crippen molar-refractivity contribution in [2.45, 2.75) is 37.5 Å². The minimum atomic E-state index is -3.39. The molecule has 0 spiro atoms. The third-order valence-corrected chi connectivity index (χ3v) is 5.28. The van der Waals surface area contributed by atoms with Crippen LogP contribution >= 0.6 is 11.3 Å². The molecule has 0 atom stereocenters. The molecule has 0 radical (unpaired) electrons. The Morgan fingerprint density at radius 1 is 1.47 bits per heavy atom. The number of rotatable bonds is 7. The number of aliphatic hydroxyl groups excluding tert-OH is 1. The predicted octanol–water partition coefficient (Wildman–Crippen LogP) is 1.95. The van der Waals surface area contributed by atoms with Crippen LogP contribution in [0.1, 0.15) is 32.3 Å². The van der Waals surface area contributed by atoms with Gasteiger partial charge in [-0.15, -0.1) is 11.3 Å². The van der Waals surface area contributed by atoms with Crippen LogP contribution in [0.3, 0.4) is 0 Å². The first-order valence-electron chi connectivity index (χ1n) is 5.63. The van der Waals surface area contributed by atoms with E-state index in [1.165, 1.54) is 6.07 Å². The number of sulfonamides is 1. The molecule has 0 aliphatic rings. The van der Waals surface area contributed by atoms with Crippen LogP contribution in [0.4, 0.5) is 0 Å². The first-order valence-corrected chi connectivity index (χ1v) is 8.00. The van der Waals surface area contributed by atoms with Crippen molar-refractivity contribution in [1.82, 2.24) is 4.72 Å². The van der Waals surface area contributed by atoms with Crippen molar-refractivity contribution in [2.24, 2.45) is 5.92 Å². The monoisotopic (exact) mass is 277 g/mol. The lowest BCUT2D eigenvalue weighted by Crippen LogP contribution is -2.24. The molecule has 1 aromatic heterocycles. The molecule has 0 aliphatic carbocycles. The average molecular weight is 277 g/mol. The SMILES string of the molecule is CC(C)CCCNS(=O)(=O)c1cc(CO)cs1. The maximum absolute atomic E-state index is 11.8. The van der Waals surface area contributed by atoms with Gasteiger partial charge in [-0.1, -0.05) is 13.8 Å². The third-order valence-electron chi connectivity index (χ3n) is 2.33. The highest BCUT2D eigenvalue weighted by molar-refractivity contribution is 7.91. The van der Waals surface area contributed by atoms with Crippen molar-refractivity contribution in [1.29, 1.82) is 0 Å². The fraction of sp³-hybridized carbons (Fsp3) is 0.636. The molecule has 17 heavy (non-hydrogen) atoms. The molecule has 6 heteroatoms. The van der Waals surface area contributed by atoms with Crippen molar-refractivity contribution >= 4 is 21.4 Å². The van der Waals surface area contributed by atoms with Crippen LogP contribution in [0.15, 0.2) is 15.7 Å². The molecule has 0 amide bonds. The van der Waals surface area contributed by atoms with Crippen molar-refractivity contribution < 1.29 is 13.5 Å². The summed E-state index contributed by atoms with van der Waals surface area (Å²) in [5.74, 6) is 0.585. The zero-order chi connectivity index (χ0) is 12.9. The highest BCUT2D eigenvalue weighted by Gasteiger charge is 2.15. The summed E-state index contributed by atoms with van der Waals surface area (Å²) in [7, 11) is -3.39. The van der Waals surface area contributed by atoms with E-state index in [0.29, 0.717) is 18.0 Å². The van der Waals surface area contributed by atoms with E-state index in [0.717, 1.165) is 24.2 Å². The van der Waals surface area contributed by atoms with Gasteiger partial charge in [0.25, 0.3) is 0 Å². The Hall–Kier alpha value is -0.430. The second-order valence-electron chi connectivity index (χ2n) is 4.37. The molecular weight excluding hydrogens is 258 g/mol. The number of hydrogen-bond donors (Lipinski definition) is 2. The van der Waals surface area contributed by atoms with Gasteiger partial charge in [0.05, 0.1) is 6.61 Å². The number of thiophene rings is 1. The summed E-state index contributed by atoms with van der Waals surface area (Å²) in [5, 5.41) is 10.5. The second kappa shape index (κ2) is 6.49. The average Bonchev–Trinajstić information content (AvgIpc) is 2.73. The Labute approximate surface area is 107 Å². The third kappa shape index (κ3) is 4.75. The van der Waals surface area contributed by atoms with Crippen molar-refractivity contribution in [3.63, 3.8) is 0 Å². The molecule has 1 aromatic rings. The van der Waals surface area contributed by atoms with Gasteiger partial charge in [-0.25, -0.2) is 13.1 Å². The molecule has 0 bridgehead atoms. The molecule has 98 valence electrons. The van der Waals surface area contributed by atoms with E-state index in [1.807, 2.05) is 0 Å². The Morgan fingerprint density at radius 3 is 2.71 bits per heavy atom. The van der Waals surface area contributed by atoms with Crippen molar-refractivity contribution in [3.8, 4) is 0 Å². The van der Waals surface area contributed by atoms with Gasteiger partial charge < -0.3 is 5.11 Å². The lowest BCUT2D eigenvalue weighted by molar-refractivity contribution is 0.282. The first-order chi connectivity index (χ1) is 7.95. The minimum Gasteiger partial charge on any atom is -0.392 e.